The quantitative estimate of drug-likeness (QED) is 0.682. The maximum atomic E-state index is 11.7. The van der Waals surface area contributed by atoms with Crippen LogP contribution in [0.15, 0.2) is 47.8 Å². The number of amides is 1. The van der Waals surface area contributed by atoms with E-state index in [1.54, 1.807) is 0 Å². The summed E-state index contributed by atoms with van der Waals surface area (Å²) in [5.41, 5.74) is 1.96. The number of benzene rings is 2. The maximum Gasteiger partial charge on any atom is 0.228 e. The molecular weight excluding hydrogens is 338 g/mol. The standard InChI is InChI=1S/C18H17N3OS2/c1-11(2)16(22)20-17(23)21-18-19-15(10-24-18)14-9-5-7-12-6-3-4-8-13(12)14/h3-11H,1-2H3,(H2,19,20,21,22,23). The molecule has 0 aliphatic rings. The third-order valence-corrected chi connectivity index (χ3v) is 4.51. The number of thiazole rings is 1. The Bertz CT molecular complexity index is 897. The van der Waals surface area contributed by atoms with E-state index in [4.69, 9.17) is 12.2 Å². The lowest BCUT2D eigenvalue weighted by Crippen LogP contribution is -2.36. The van der Waals surface area contributed by atoms with Gasteiger partial charge in [-0.1, -0.05) is 56.3 Å². The van der Waals surface area contributed by atoms with Crippen molar-refractivity contribution in [1.29, 1.82) is 0 Å². The average molecular weight is 355 g/mol. The molecule has 1 heterocycles. The molecule has 1 aromatic heterocycles. The van der Waals surface area contributed by atoms with Crippen molar-refractivity contribution in [2.24, 2.45) is 5.92 Å². The molecule has 1 amide bonds. The smallest absolute Gasteiger partial charge is 0.228 e. The van der Waals surface area contributed by atoms with Gasteiger partial charge in [0.15, 0.2) is 10.2 Å². The summed E-state index contributed by atoms with van der Waals surface area (Å²) < 4.78 is 0. The first-order valence-electron chi connectivity index (χ1n) is 7.60. The Morgan fingerprint density at radius 2 is 1.92 bits per heavy atom. The highest BCUT2D eigenvalue weighted by molar-refractivity contribution is 7.80. The maximum absolute atomic E-state index is 11.7. The Morgan fingerprint density at radius 3 is 2.71 bits per heavy atom. The predicted molar refractivity (Wildman–Crippen MR) is 104 cm³/mol. The van der Waals surface area contributed by atoms with Gasteiger partial charge >= 0.3 is 0 Å². The molecule has 2 aromatic carbocycles. The molecule has 0 aliphatic heterocycles. The molecule has 0 aliphatic carbocycles. The first-order chi connectivity index (χ1) is 11.5. The second-order valence-corrected chi connectivity index (χ2v) is 6.93. The van der Waals surface area contributed by atoms with Gasteiger partial charge in [0.2, 0.25) is 5.91 Å². The van der Waals surface area contributed by atoms with E-state index in [1.807, 2.05) is 37.4 Å². The lowest BCUT2D eigenvalue weighted by molar-refractivity contribution is -0.122. The Kier molecular flexibility index (Phi) is 4.87. The van der Waals surface area contributed by atoms with Gasteiger partial charge in [0.25, 0.3) is 0 Å². The van der Waals surface area contributed by atoms with Gasteiger partial charge in [0.05, 0.1) is 5.69 Å². The number of carbonyl (C=O) groups excluding carboxylic acids is 1. The fourth-order valence-electron chi connectivity index (χ4n) is 2.29. The van der Waals surface area contributed by atoms with Crippen LogP contribution in [-0.2, 0) is 4.79 Å². The van der Waals surface area contributed by atoms with Crippen molar-refractivity contribution in [3.63, 3.8) is 0 Å². The molecule has 0 saturated carbocycles. The van der Waals surface area contributed by atoms with E-state index in [-0.39, 0.29) is 16.9 Å². The van der Waals surface area contributed by atoms with Crippen LogP contribution < -0.4 is 10.6 Å². The Balaban J connectivity index is 1.80. The molecule has 0 saturated heterocycles. The van der Waals surface area contributed by atoms with E-state index in [9.17, 15) is 4.79 Å². The minimum Gasteiger partial charge on any atom is -0.308 e. The summed E-state index contributed by atoms with van der Waals surface area (Å²) in [7, 11) is 0. The van der Waals surface area contributed by atoms with E-state index >= 15 is 0 Å². The number of carbonyl (C=O) groups is 1. The van der Waals surface area contributed by atoms with Crippen molar-refractivity contribution in [2.45, 2.75) is 13.8 Å². The molecule has 3 rings (SSSR count). The molecule has 0 radical (unpaired) electrons. The lowest BCUT2D eigenvalue weighted by atomic mass is 10.0. The van der Waals surface area contributed by atoms with Gasteiger partial charge in [-0.2, -0.15) is 0 Å². The predicted octanol–water partition coefficient (Wildman–Crippen LogP) is 4.43. The van der Waals surface area contributed by atoms with Crippen molar-refractivity contribution in [2.75, 3.05) is 5.32 Å². The molecule has 0 atom stereocenters. The van der Waals surface area contributed by atoms with Crippen molar-refractivity contribution < 1.29 is 4.79 Å². The normalized spacial score (nSPS) is 10.8. The van der Waals surface area contributed by atoms with Crippen LogP contribution in [0.4, 0.5) is 5.13 Å². The lowest BCUT2D eigenvalue weighted by Gasteiger charge is -2.08. The first kappa shape index (κ1) is 16.5. The van der Waals surface area contributed by atoms with Crippen LogP contribution in [0.3, 0.4) is 0 Å². The molecule has 3 aromatic rings. The van der Waals surface area contributed by atoms with Gasteiger partial charge in [-0.15, -0.1) is 11.3 Å². The van der Waals surface area contributed by atoms with Gasteiger partial charge in [-0.25, -0.2) is 4.98 Å². The minimum absolute atomic E-state index is 0.113. The van der Waals surface area contributed by atoms with E-state index in [0.29, 0.717) is 5.13 Å². The molecule has 0 unspecified atom stereocenters. The number of hydrogen-bond donors (Lipinski definition) is 2. The summed E-state index contributed by atoms with van der Waals surface area (Å²) in [5.74, 6) is -0.231. The third kappa shape index (κ3) is 3.60. The van der Waals surface area contributed by atoms with E-state index in [2.05, 4.69) is 39.9 Å². The number of rotatable bonds is 3. The number of thiocarbonyl (C=S) groups is 1. The molecule has 2 N–H and O–H groups in total. The Hall–Kier alpha value is -2.31. The summed E-state index contributed by atoms with van der Waals surface area (Å²) in [4.78, 5) is 16.3. The molecule has 122 valence electrons. The van der Waals surface area contributed by atoms with Gasteiger partial charge < -0.3 is 10.6 Å². The van der Waals surface area contributed by atoms with Crippen LogP contribution in [0.2, 0.25) is 0 Å². The zero-order valence-electron chi connectivity index (χ0n) is 13.4. The van der Waals surface area contributed by atoms with Crippen LogP contribution in [0.5, 0.6) is 0 Å². The van der Waals surface area contributed by atoms with Gasteiger partial charge in [-0.3, -0.25) is 4.79 Å². The monoisotopic (exact) mass is 355 g/mol. The molecule has 6 heteroatoms. The second kappa shape index (κ2) is 7.07. The summed E-state index contributed by atoms with van der Waals surface area (Å²) in [5, 5.41) is 10.9. The topological polar surface area (TPSA) is 54.0 Å². The van der Waals surface area contributed by atoms with Crippen LogP contribution in [-0.4, -0.2) is 16.0 Å². The average Bonchev–Trinajstić information content (AvgIpc) is 3.02. The van der Waals surface area contributed by atoms with Gasteiger partial charge in [0, 0.05) is 16.9 Å². The number of aromatic nitrogens is 1. The third-order valence-electron chi connectivity index (χ3n) is 3.55. The zero-order chi connectivity index (χ0) is 17.1. The highest BCUT2D eigenvalue weighted by atomic mass is 32.1. The van der Waals surface area contributed by atoms with Crippen LogP contribution in [0.1, 0.15) is 13.8 Å². The van der Waals surface area contributed by atoms with Crippen molar-refractivity contribution in [1.82, 2.24) is 10.3 Å². The van der Waals surface area contributed by atoms with Crippen LogP contribution in [0, 0.1) is 5.92 Å². The summed E-state index contributed by atoms with van der Waals surface area (Å²) >= 11 is 6.61. The van der Waals surface area contributed by atoms with Crippen molar-refractivity contribution in [3.8, 4) is 11.3 Å². The second-order valence-electron chi connectivity index (χ2n) is 5.66. The molecule has 0 bridgehead atoms. The SMILES string of the molecule is CC(C)C(=O)NC(=S)Nc1nc(-c2cccc3ccccc23)cs1. The first-order valence-corrected chi connectivity index (χ1v) is 8.89. The summed E-state index contributed by atoms with van der Waals surface area (Å²) in [6.45, 7) is 3.64. The largest absolute Gasteiger partial charge is 0.308 e. The fourth-order valence-corrected chi connectivity index (χ4v) is 3.27. The number of nitrogens with one attached hydrogen (secondary N) is 2. The van der Waals surface area contributed by atoms with Crippen LogP contribution >= 0.6 is 23.6 Å². The number of fused-ring (bicyclic) bond motifs is 1. The molecule has 0 spiro atoms. The van der Waals surface area contributed by atoms with Gasteiger partial charge in [0.1, 0.15) is 0 Å². The zero-order valence-corrected chi connectivity index (χ0v) is 15.0. The molecular formula is C18H17N3OS2. The number of nitrogens with zero attached hydrogens (tertiary/aromatic N) is 1. The van der Waals surface area contributed by atoms with E-state index in [1.165, 1.54) is 16.7 Å². The van der Waals surface area contributed by atoms with Crippen molar-refractivity contribution in [3.05, 3.63) is 47.8 Å². The number of hydrogen-bond acceptors (Lipinski definition) is 4. The Morgan fingerprint density at radius 1 is 1.17 bits per heavy atom. The fraction of sp³-hybridized carbons (Fsp3) is 0.167. The highest BCUT2D eigenvalue weighted by Crippen LogP contribution is 2.30. The van der Waals surface area contributed by atoms with E-state index in [0.717, 1.165) is 16.6 Å². The molecule has 4 nitrogen and oxygen atoms in total. The van der Waals surface area contributed by atoms with E-state index < -0.39 is 0 Å². The highest BCUT2D eigenvalue weighted by Gasteiger charge is 2.11. The molecule has 24 heavy (non-hydrogen) atoms. The van der Waals surface area contributed by atoms with Gasteiger partial charge in [-0.05, 0) is 23.0 Å². The number of anilines is 1. The Labute approximate surface area is 149 Å². The van der Waals surface area contributed by atoms with Crippen molar-refractivity contribution >= 4 is 50.5 Å². The van der Waals surface area contributed by atoms with Crippen LogP contribution in [0.25, 0.3) is 22.0 Å². The molecule has 0 fully saturated rings. The summed E-state index contributed by atoms with van der Waals surface area (Å²) in [6.07, 6.45) is 0. The summed E-state index contributed by atoms with van der Waals surface area (Å²) in [6, 6.07) is 14.4. The minimum atomic E-state index is -0.118.